The number of nitrogens with one attached hydrogen (secondary N) is 1. The number of amides is 1. The van der Waals surface area contributed by atoms with Gasteiger partial charge in [0, 0.05) is 18.9 Å². The summed E-state index contributed by atoms with van der Waals surface area (Å²) in [5.41, 5.74) is 7.86. The Hall–Kier alpha value is -1.49. The summed E-state index contributed by atoms with van der Waals surface area (Å²) in [6.45, 7) is 6.07. The quantitative estimate of drug-likeness (QED) is 0.896. The normalized spacial score (nSPS) is 25.2. The maximum atomic E-state index is 13.3. The fourth-order valence-electron chi connectivity index (χ4n) is 2.90. The highest BCUT2D eigenvalue weighted by atomic mass is 19.3. The molecule has 2 rings (SSSR count). The van der Waals surface area contributed by atoms with Crippen LogP contribution in [0.5, 0.6) is 0 Å². The number of carbonyl (C=O) groups is 1. The summed E-state index contributed by atoms with van der Waals surface area (Å²) in [6, 6.07) is 6.98. The van der Waals surface area contributed by atoms with Crippen molar-refractivity contribution in [2.45, 2.75) is 57.5 Å². The third kappa shape index (κ3) is 3.83. The summed E-state index contributed by atoms with van der Waals surface area (Å²) in [6.07, 6.45) is -0.873. The zero-order valence-electron chi connectivity index (χ0n) is 13.3. The molecule has 0 aromatic heterocycles. The SMILES string of the molecule is CC(C)c1ccc(C(C)NC(=O)[C@@H]2CC(F)(F)C[C@H]2N)cc1. The molecule has 1 amide bonds. The topological polar surface area (TPSA) is 55.1 Å². The van der Waals surface area contributed by atoms with Crippen molar-refractivity contribution in [3.63, 3.8) is 0 Å². The summed E-state index contributed by atoms with van der Waals surface area (Å²) in [7, 11) is 0. The molecule has 0 radical (unpaired) electrons. The van der Waals surface area contributed by atoms with Crippen molar-refractivity contribution in [1.82, 2.24) is 5.32 Å². The molecule has 1 fully saturated rings. The van der Waals surface area contributed by atoms with Crippen LogP contribution in [0.1, 0.15) is 56.7 Å². The number of halogens is 2. The van der Waals surface area contributed by atoms with Crippen LogP contribution in [0.15, 0.2) is 24.3 Å². The highest BCUT2D eigenvalue weighted by Crippen LogP contribution is 2.38. The Morgan fingerprint density at radius 3 is 2.18 bits per heavy atom. The van der Waals surface area contributed by atoms with Gasteiger partial charge in [0.1, 0.15) is 0 Å². The zero-order valence-corrected chi connectivity index (χ0v) is 13.3. The van der Waals surface area contributed by atoms with Crippen LogP contribution in [0.25, 0.3) is 0 Å². The van der Waals surface area contributed by atoms with Crippen molar-refractivity contribution in [2.75, 3.05) is 0 Å². The minimum atomic E-state index is -2.83. The molecule has 5 heteroatoms. The zero-order chi connectivity index (χ0) is 16.5. The summed E-state index contributed by atoms with van der Waals surface area (Å²) in [5.74, 6) is -3.58. The van der Waals surface area contributed by atoms with E-state index in [0.29, 0.717) is 5.92 Å². The molecular formula is C17H24F2N2O. The molecular weight excluding hydrogens is 286 g/mol. The molecule has 1 aliphatic rings. The van der Waals surface area contributed by atoms with Gasteiger partial charge >= 0.3 is 0 Å². The molecule has 0 heterocycles. The second-order valence-corrected chi connectivity index (χ2v) is 6.59. The lowest BCUT2D eigenvalue weighted by Gasteiger charge is -2.20. The summed E-state index contributed by atoms with van der Waals surface area (Å²) < 4.78 is 26.7. The van der Waals surface area contributed by atoms with Crippen molar-refractivity contribution >= 4 is 5.91 Å². The molecule has 0 saturated heterocycles. The van der Waals surface area contributed by atoms with Crippen molar-refractivity contribution in [1.29, 1.82) is 0 Å². The monoisotopic (exact) mass is 310 g/mol. The molecule has 1 saturated carbocycles. The first-order chi connectivity index (χ1) is 10.2. The molecule has 0 bridgehead atoms. The third-order valence-electron chi connectivity index (χ3n) is 4.37. The van der Waals surface area contributed by atoms with E-state index in [1.165, 1.54) is 5.56 Å². The van der Waals surface area contributed by atoms with Gasteiger partial charge in [-0.3, -0.25) is 4.79 Å². The Balaban J connectivity index is 1.99. The predicted molar refractivity (Wildman–Crippen MR) is 82.7 cm³/mol. The van der Waals surface area contributed by atoms with Gasteiger partial charge in [-0.1, -0.05) is 38.1 Å². The van der Waals surface area contributed by atoms with E-state index in [2.05, 4.69) is 19.2 Å². The molecule has 3 nitrogen and oxygen atoms in total. The van der Waals surface area contributed by atoms with Crippen LogP contribution >= 0.6 is 0 Å². The lowest BCUT2D eigenvalue weighted by atomic mass is 9.98. The summed E-state index contributed by atoms with van der Waals surface area (Å²) in [4.78, 5) is 12.2. The lowest BCUT2D eigenvalue weighted by molar-refractivity contribution is -0.126. The minimum absolute atomic E-state index is 0.227. The third-order valence-corrected chi connectivity index (χ3v) is 4.37. The van der Waals surface area contributed by atoms with E-state index in [0.717, 1.165) is 5.56 Å². The van der Waals surface area contributed by atoms with Crippen molar-refractivity contribution in [3.05, 3.63) is 35.4 Å². The Kier molecular flexibility index (Phi) is 4.85. The molecule has 3 N–H and O–H groups in total. The highest BCUT2D eigenvalue weighted by molar-refractivity contribution is 5.80. The van der Waals surface area contributed by atoms with Crippen LogP contribution in [-0.4, -0.2) is 17.9 Å². The number of rotatable bonds is 4. The Labute approximate surface area is 130 Å². The highest BCUT2D eigenvalue weighted by Gasteiger charge is 2.47. The average molecular weight is 310 g/mol. The maximum Gasteiger partial charge on any atom is 0.250 e. The standard InChI is InChI=1S/C17H24F2N2O/c1-10(2)12-4-6-13(7-5-12)11(3)21-16(22)14-8-17(18,19)9-15(14)20/h4-7,10-11,14-15H,8-9,20H2,1-3H3,(H,21,22)/t11?,14-,15-/m1/s1. The van der Waals surface area contributed by atoms with E-state index in [-0.39, 0.29) is 11.9 Å². The Morgan fingerprint density at radius 1 is 1.18 bits per heavy atom. The molecule has 1 aliphatic carbocycles. The van der Waals surface area contributed by atoms with Crippen molar-refractivity contribution in [2.24, 2.45) is 11.7 Å². The predicted octanol–water partition coefficient (Wildman–Crippen LogP) is 3.36. The van der Waals surface area contributed by atoms with E-state index in [9.17, 15) is 13.6 Å². The van der Waals surface area contributed by atoms with Gasteiger partial charge in [-0.05, 0) is 24.0 Å². The first kappa shape index (κ1) is 16.9. The molecule has 22 heavy (non-hydrogen) atoms. The van der Waals surface area contributed by atoms with Gasteiger partial charge in [-0.15, -0.1) is 0 Å². The Morgan fingerprint density at radius 2 is 1.73 bits per heavy atom. The van der Waals surface area contributed by atoms with E-state index in [1.54, 1.807) is 0 Å². The van der Waals surface area contributed by atoms with Crippen LogP contribution in [0, 0.1) is 5.92 Å². The molecule has 1 aromatic carbocycles. The van der Waals surface area contributed by atoms with Gasteiger partial charge in [-0.25, -0.2) is 8.78 Å². The van der Waals surface area contributed by atoms with Gasteiger partial charge < -0.3 is 11.1 Å². The molecule has 1 aromatic rings. The van der Waals surface area contributed by atoms with Crippen molar-refractivity contribution < 1.29 is 13.6 Å². The molecule has 0 aliphatic heterocycles. The molecule has 3 atom stereocenters. The number of hydrogen-bond donors (Lipinski definition) is 2. The van der Waals surface area contributed by atoms with Gasteiger partial charge in [0.25, 0.3) is 5.92 Å². The van der Waals surface area contributed by atoms with Crippen LogP contribution in [0.2, 0.25) is 0 Å². The Bertz CT molecular complexity index is 528. The van der Waals surface area contributed by atoms with Gasteiger partial charge in [0.15, 0.2) is 0 Å². The van der Waals surface area contributed by atoms with Gasteiger partial charge in [-0.2, -0.15) is 0 Å². The minimum Gasteiger partial charge on any atom is -0.349 e. The number of benzene rings is 1. The second kappa shape index (κ2) is 6.32. The fraction of sp³-hybridized carbons (Fsp3) is 0.588. The van der Waals surface area contributed by atoms with Crippen LogP contribution in [0.4, 0.5) is 8.78 Å². The van der Waals surface area contributed by atoms with Gasteiger partial charge in [0.05, 0.1) is 12.0 Å². The van der Waals surface area contributed by atoms with Gasteiger partial charge in [0.2, 0.25) is 5.91 Å². The number of alkyl halides is 2. The maximum absolute atomic E-state index is 13.3. The van der Waals surface area contributed by atoms with Crippen molar-refractivity contribution in [3.8, 4) is 0 Å². The van der Waals surface area contributed by atoms with E-state index in [1.807, 2.05) is 31.2 Å². The molecule has 0 spiro atoms. The number of carbonyl (C=O) groups excluding carboxylic acids is 1. The van der Waals surface area contributed by atoms with Crippen LogP contribution < -0.4 is 11.1 Å². The fourth-order valence-corrected chi connectivity index (χ4v) is 2.90. The van der Waals surface area contributed by atoms with E-state index in [4.69, 9.17) is 5.73 Å². The van der Waals surface area contributed by atoms with E-state index < -0.39 is 30.7 Å². The molecule has 1 unspecified atom stereocenters. The summed E-state index contributed by atoms with van der Waals surface area (Å²) in [5, 5.41) is 2.80. The van der Waals surface area contributed by atoms with E-state index >= 15 is 0 Å². The summed E-state index contributed by atoms with van der Waals surface area (Å²) >= 11 is 0. The second-order valence-electron chi connectivity index (χ2n) is 6.59. The first-order valence-electron chi connectivity index (χ1n) is 7.73. The van der Waals surface area contributed by atoms with Crippen LogP contribution in [-0.2, 0) is 4.79 Å². The lowest BCUT2D eigenvalue weighted by Crippen LogP contribution is -2.39. The smallest absolute Gasteiger partial charge is 0.250 e. The number of nitrogens with two attached hydrogens (primary N) is 1. The largest absolute Gasteiger partial charge is 0.349 e. The van der Waals surface area contributed by atoms with Crippen LogP contribution in [0.3, 0.4) is 0 Å². The number of hydrogen-bond acceptors (Lipinski definition) is 2. The first-order valence-corrected chi connectivity index (χ1v) is 7.73. The average Bonchev–Trinajstić information content (AvgIpc) is 2.72. The molecule has 122 valence electrons.